The van der Waals surface area contributed by atoms with E-state index in [4.69, 9.17) is 15.8 Å². The highest BCUT2D eigenvalue weighted by molar-refractivity contribution is 5.40. The second-order valence-corrected chi connectivity index (χ2v) is 2.28. The standard InChI is InChI=1S/C9H4N4/c10-2-1-9-8(5-12)3-7(4-11)6-13-9/h3,6H,1H2. The summed E-state index contributed by atoms with van der Waals surface area (Å²) in [6, 6.07) is 7.09. The largest absolute Gasteiger partial charge is 0.257 e. The van der Waals surface area contributed by atoms with Crippen LogP contribution < -0.4 is 0 Å². The highest BCUT2D eigenvalue weighted by Crippen LogP contribution is 2.07. The Bertz CT molecular complexity index is 442. The van der Waals surface area contributed by atoms with Crippen molar-refractivity contribution in [2.75, 3.05) is 0 Å². The third kappa shape index (κ3) is 1.80. The Morgan fingerprint density at radius 2 is 2.00 bits per heavy atom. The van der Waals surface area contributed by atoms with Gasteiger partial charge in [-0.1, -0.05) is 0 Å². The van der Waals surface area contributed by atoms with Crippen molar-refractivity contribution in [1.82, 2.24) is 4.98 Å². The van der Waals surface area contributed by atoms with Crippen molar-refractivity contribution >= 4 is 0 Å². The van der Waals surface area contributed by atoms with E-state index in [-0.39, 0.29) is 6.42 Å². The Labute approximate surface area is 75.3 Å². The first-order valence-corrected chi connectivity index (χ1v) is 3.48. The molecule has 0 aliphatic heterocycles. The Hall–Kier alpha value is -2.38. The van der Waals surface area contributed by atoms with Gasteiger partial charge in [-0.15, -0.1) is 0 Å². The van der Waals surface area contributed by atoms with E-state index in [1.165, 1.54) is 12.3 Å². The van der Waals surface area contributed by atoms with Crippen LogP contribution in [0.1, 0.15) is 16.8 Å². The average Bonchev–Trinajstić information content (AvgIpc) is 2.19. The highest BCUT2D eigenvalue weighted by Gasteiger charge is 2.03. The minimum atomic E-state index is 0.0919. The van der Waals surface area contributed by atoms with E-state index >= 15 is 0 Å². The normalized spacial score (nSPS) is 8.08. The first-order valence-electron chi connectivity index (χ1n) is 3.48. The van der Waals surface area contributed by atoms with Crippen molar-refractivity contribution in [3.63, 3.8) is 0 Å². The molecule has 1 aromatic heterocycles. The van der Waals surface area contributed by atoms with E-state index < -0.39 is 0 Å². The van der Waals surface area contributed by atoms with Crippen LogP contribution in [0.4, 0.5) is 0 Å². The molecule has 0 aliphatic carbocycles. The van der Waals surface area contributed by atoms with Crippen LogP contribution in [0.5, 0.6) is 0 Å². The zero-order valence-corrected chi connectivity index (χ0v) is 6.65. The number of nitriles is 3. The number of hydrogen-bond acceptors (Lipinski definition) is 4. The van der Waals surface area contributed by atoms with Gasteiger partial charge < -0.3 is 0 Å². The number of rotatable bonds is 1. The van der Waals surface area contributed by atoms with Crippen LogP contribution in [-0.4, -0.2) is 4.98 Å². The molecule has 1 rings (SSSR count). The molecular formula is C9H4N4. The molecule has 0 spiro atoms. The maximum absolute atomic E-state index is 8.66. The van der Waals surface area contributed by atoms with Gasteiger partial charge in [-0.2, -0.15) is 15.8 Å². The third-order valence-corrected chi connectivity index (χ3v) is 1.47. The molecule has 0 amide bonds. The molecule has 0 unspecified atom stereocenters. The van der Waals surface area contributed by atoms with Crippen LogP contribution in [0.25, 0.3) is 0 Å². The van der Waals surface area contributed by atoms with Gasteiger partial charge in [0.15, 0.2) is 0 Å². The molecule has 0 saturated carbocycles. The van der Waals surface area contributed by atoms with Gasteiger partial charge in [-0.3, -0.25) is 4.98 Å². The minimum absolute atomic E-state index is 0.0919. The summed E-state index contributed by atoms with van der Waals surface area (Å²) in [7, 11) is 0. The predicted octanol–water partition coefficient (Wildman–Crippen LogP) is 0.891. The monoisotopic (exact) mass is 168 g/mol. The second kappa shape index (κ2) is 3.85. The van der Waals surface area contributed by atoms with Gasteiger partial charge in [0.25, 0.3) is 0 Å². The summed E-state index contributed by atoms with van der Waals surface area (Å²) >= 11 is 0. The summed E-state index contributed by atoms with van der Waals surface area (Å²) in [6.07, 6.45) is 1.45. The van der Waals surface area contributed by atoms with Gasteiger partial charge in [0.2, 0.25) is 0 Å². The molecule has 0 bridgehead atoms. The van der Waals surface area contributed by atoms with Crippen LogP contribution >= 0.6 is 0 Å². The number of hydrogen-bond donors (Lipinski definition) is 0. The van der Waals surface area contributed by atoms with Crippen molar-refractivity contribution in [2.45, 2.75) is 6.42 Å². The van der Waals surface area contributed by atoms with Gasteiger partial charge in [-0.05, 0) is 6.07 Å². The number of nitrogens with zero attached hydrogens (tertiary/aromatic N) is 4. The Kier molecular flexibility index (Phi) is 2.58. The van der Waals surface area contributed by atoms with E-state index in [9.17, 15) is 0 Å². The van der Waals surface area contributed by atoms with E-state index in [2.05, 4.69) is 4.98 Å². The predicted molar refractivity (Wildman–Crippen MR) is 43.0 cm³/mol. The van der Waals surface area contributed by atoms with Crippen molar-refractivity contribution in [3.05, 3.63) is 29.1 Å². The van der Waals surface area contributed by atoms with E-state index in [0.29, 0.717) is 16.8 Å². The van der Waals surface area contributed by atoms with Crippen LogP contribution in [0.3, 0.4) is 0 Å². The molecule has 4 heteroatoms. The fourth-order valence-corrected chi connectivity index (χ4v) is 0.867. The molecule has 0 atom stereocenters. The maximum atomic E-state index is 8.66. The quantitative estimate of drug-likeness (QED) is 0.623. The van der Waals surface area contributed by atoms with Gasteiger partial charge in [0.1, 0.15) is 12.1 Å². The summed E-state index contributed by atoms with van der Waals surface area (Å²) in [4.78, 5) is 3.84. The van der Waals surface area contributed by atoms with Crippen molar-refractivity contribution in [1.29, 1.82) is 15.8 Å². The molecule has 0 saturated heterocycles. The topological polar surface area (TPSA) is 84.3 Å². The summed E-state index contributed by atoms with van der Waals surface area (Å²) < 4.78 is 0. The smallest absolute Gasteiger partial charge is 0.101 e. The molecule has 13 heavy (non-hydrogen) atoms. The molecule has 4 nitrogen and oxygen atoms in total. The molecule has 0 radical (unpaired) electrons. The number of pyridine rings is 1. The van der Waals surface area contributed by atoms with Crippen LogP contribution in [0.2, 0.25) is 0 Å². The average molecular weight is 168 g/mol. The van der Waals surface area contributed by atoms with Crippen LogP contribution in [0, 0.1) is 34.0 Å². The van der Waals surface area contributed by atoms with Crippen molar-refractivity contribution in [2.24, 2.45) is 0 Å². The lowest BCUT2D eigenvalue weighted by Gasteiger charge is -1.96. The molecule has 0 N–H and O–H groups in total. The first-order chi connectivity index (χ1) is 6.31. The molecule has 0 aromatic carbocycles. The fourth-order valence-electron chi connectivity index (χ4n) is 0.867. The molecule has 1 heterocycles. The van der Waals surface area contributed by atoms with Gasteiger partial charge in [0, 0.05) is 6.20 Å². The maximum Gasteiger partial charge on any atom is 0.101 e. The molecule has 1 aromatic rings. The van der Waals surface area contributed by atoms with E-state index in [1.54, 1.807) is 0 Å². The molecular weight excluding hydrogens is 164 g/mol. The summed E-state index contributed by atoms with van der Waals surface area (Å²) in [5, 5.41) is 25.6. The Balaban J connectivity index is 3.21. The van der Waals surface area contributed by atoms with Crippen LogP contribution in [0.15, 0.2) is 12.3 Å². The lowest BCUT2D eigenvalue weighted by molar-refractivity contribution is 1.09. The third-order valence-electron chi connectivity index (χ3n) is 1.47. The zero-order chi connectivity index (χ0) is 9.68. The Morgan fingerprint density at radius 1 is 1.23 bits per heavy atom. The van der Waals surface area contributed by atoms with Gasteiger partial charge in [0.05, 0.1) is 29.3 Å². The number of aromatic nitrogens is 1. The highest BCUT2D eigenvalue weighted by atomic mass is 14.7. The summed E-state index contributed by atoms with van der Waals surface area (Å²) in [5.74, 6) is 0. The second-order valence-electron chi connectivity index (χ2n) is 2.28. The SMILES string of the molecule is N#CCc1ncc(C#N)cc1C#N. The fraction of sp³-hybridized carbons (Fsp3) is 0.111. The van der Waals surface area contributed by atoms with E-state index in [0.717, 1.165) is 0 Å². The van der Waals surface area contributed by atoms with Gasteiger partial charge in [-0.25, -0.2) is 0 Å². The lowest BCUT2D eigenvalue weighted by atomic mass is 10.1. The summed E-state index contributed by atoms with van der Waals surface area (Å²) in [6.45, 7) is 0. The Morgan fingerprint density at radius 3 is 2.54 bits per heavy atom. The molecule has 60 valence electrons. The summed E-state index contributed by atoms with van der Waals surface area (Å²) in [5.41, 5.74) is 1.04. The minimum Gasteiger partial charge on any atom is -0.257 e. The first kappa shape index (κ1) is 8.71. The molecule has 0 aliphatic rings. The zero-order valence-electron chi connectivity index (χ0n) is 6.65. The van der Waals surface area contributed by atoms with E-state index in [1.807, 2.05) is 18.2 Å². The van der Waals surface area contributed by atoms with Crippen molar-refractivity contribution < 1.29 is 0 Å². The van der Waals surface area contributed by atoms with Crippen LogP contribution in [-0.2, 0) is 6.42 Å². The lowest BCUT2D eigenvalue weighted by Crippen LogP contribution is -1.94. The van der Waals surface area contributed by atoms with Crippen molar-refractivity contribution in [3.8, 4) is 18.2 Å². The van der Waals surface area contributed by atoms with Gasteiger partial charge >= 0.3 is 0 Å². The molecule has 0 fully saturated rings.